The summed E-state index contributed by atoms with van der Waals surface area (Å²) in [6.45, 7) is 3.50. The molecule has 20 heavy (non-hydrogen) atoms. The predicted molar refractivity (Wildman–Crippen MR) is 74.9 cm³/mol. The Bertz CT molecular complexity index is 520. The van der Waals surface area contributed by atoms with Gasteiger partial charge in [0.05, 0.1) is 11.6 Å². The molecule has 0 heterocycles. The van der Waals surface area contributed by atoms with E-state index < -0.39 is 12.0 Å². The number of carbonyl (C=O) groups excluding carboxylic acids is 2. The van der Waals surface area contributed by atoms with Gasteiger partial charge < -0.3 is 10.1 Å². The summed E-state index contributed by atoms with van der Waals surface area (Å²) in [5.41, 5.74) is 0.959. The first-order chi connectivity index (χ1) is 9.56. The first-order valence-corrected chi connectivity index (χ1v) is 6.57. The van der Waals surface area contributed by atoms with Gasteiger partial charge >= 0.3 is 5.97 Å². The number of nitrogens with zero attached hydrogens (tertiary/aromatic N) is 1. The number of amides is 1. The largest absolute Gasteiger partial charge is 0.453 e. The molecule has 0 radical (unpaired) electrons. The number of ether oxygens (including phenoxy) is 1. The molecule has 0 saturated heterocycles. The molecule has 0 aliphatic carbocycles. The molecule has 5 nitrogen and oxygen atoms in total. The van der Waals surface area contributed by atoms with Crippen LogP contribution >= 0.6 is 0 Å². The Labute approximate surface area is 118 Å². The first-order valence-electron chi connectivity index (χ1n) is 6.57. The Morgan fingerprint density at radius 1 is 1.45 bits per heavy atom. The smallest absolute Gasteiger partial charge is 0.306 e. The van der Waals surface area contributed by atoms with E-state index in [0.717, 1.165) is 12.8 Å². The molecule has 0 fully saturated rings. The summed E-state index contributed by atoms with van der Waals surface area (Å²) < 4.78 is 5.03. The topological polar surface area (TPSA) is 79.2 Å². The molecule has 0 saturated carbocycles. The van der Waals surface area contributed by atoms with Gasteiger partial charge in [0.25, 0.3) is 5.91 Å². The van der Waals surface area contributed by atoms with Gasteiger partial charge in [-0.15, -0.1) is 0 Å². The van der Waals surface area contributed by atoms with Crippen LogP contribution in [0.4, 0.5) is 5.69 Å². The van der Waals surface area contributed by atoms with Crippen molar-refractivity contribution >= 4 is 17.6 Å². The monoisotopic (exact) mass is 274 g/mol. The second-order valence-electron chi connectivity index (χ2n) is 4.42. The molecule has 0 aliphatic rings. The summed E-state index contributed by atoms with van der Waals surface area (Å²) in [6.07, 6.45) is 1.11. The molecule has 1 N–H and O–H groups in total. The van der Waals surface area contributed by atoms with E-state index in [9.17, 15) is 9.59 Å². The Morgan fingerprint density at radius 3 is 2.85 bits per heavy atom. The zero-order chi connectivity index (χ0) is 15.0. The summed E-state index contributed by atoms with van der Waals surface area (Å²) in [5.74, 6) is -0.787. The van der Waals surface area contributed by atoms with Crippen LogP contribution in [0.3, 0.4) is 0 Å². The van der Waals surface area contributed by atoms with Crippen molar-refractivity contribution in [3.63, 3.8) is 0 Å². The van der Waals surface area contributed by atoms with Crippen molar-refractivity contribution in [2.45, 2.75) is 39.2 Å². The third-order valence-corrected chi connectivity index (χ3v) is 2.67. The number of nitrogens with one attached hydrogen (secondary N) is 1. The number of hydrogen-bond donors (Lipinski definition) is 1. The normalized spacial score (nSPS) is 11.2. The van der Waals surface area contributed by atoms with E-state index in [4.69, 9.17) is 10.00 Å². The van der Waals surface area contributed by atoms with Gasteiger partial charge in [-0.05, 0) is 31.5 Å². The lowest BCUT2D eigenvalue weighted by Crippen LogP contribution is -2.29. The lowest BCUT2D eigenvalue weighted by molar-refractivity contribution is -0.153. The highest BCUT2D eigenvalue weighted by Crippen LogP contribution is 2.11. The van der Waals surface area contributed by atoms with Crippen molar-refractivity contribution < 1.29 is 14.3 Å². The van der Waals surface area contributed by atoms with Crippen molar-refractivity contribution in [2.75, 3.05) is 5.32 Å². The number of hydrogen-bond acceptors (Lipinski definition) is 4. The molecule has 5 heteroatoms. The van der Waals surface area contributed by atoms with Crippen molar-refractivity contribution in [2.24, 2.45) is 0 Å². The van der Waals surface area contributed by atoms with E-state index in [2.05, 4.69) is 5.32 Å². The standard InChI is InChI=1S/C15H18N2O3/c1-3-4-8-14(18)20-11(2)15(19)17-13-7-5-6-12(9-13)10-16/h5-7,9,11H,3-4,8H2,1-2H3,(H,17,19)/t11-/m0/s1. The maximum atomic E-state index is 11.9. The zero-order valence-electron chi connectivity index (χ0n) is 11.7. The first kappa shape index (κ1) is 15.7. The lowest BCUT2D eigenvalue weighted by atomic mass is 10.2. The van der Waals surface area contributed by atoms with E-state index in [1.807, 2.05) is 13.0 Å². The van der Waals surface area contributed by atoms with Gasteiger partial charge in [-0.2, -0.15) is 5.26 Å². The molecule has 0 unspecified atom stereocenters. The summed E-state index contributed by atoms with van der Waals surface area (Å²) in [6, 6.07) is 8.53. The number of anilines is 1. The second kappa shape index (κ2) is 7.95. The van der Waals surface area contributed by atoms with Crippen LogP contribution < -0.4 is 5.32 Å². The van der Waals surface area contributed by atoms with Crippen LogP contribution in [0.1, 0.15) is 38.7 Å². The molecule has 0 aliphatic heterocycles. The predicted octanol–water partition coefficient (Wildman–Crippen LogP) is 2.62. The number of esters is 1. The molecule has 0 bridgehead atoms. The van der Waals surface area contributed by atoms with Crippen LogP contribution in [0.25, 0.3) is 0 Å². The van der Waals surface area contributed by atoms with E-state index in [-0.39, 0.29) is 5.97 Å². The SMILES string of the molecule is CCCCC(=O)O[C@@H](C)C(=O)Nc1cccc(C#N)c1. The maximum Gasteiger partial charge on any atom is 0.306 e. The highest BCUT2D eigenvalue weighted by atomic mass is 16.5. The summed E-state index contributed by atoms with van der Waals surface area (Å²) >= 11 is 0. The highest BCUT2D eigenvalue weighted by molar-refractivity contribution is 5.95. The second-order valence-corrected chi connectivity index (χ2v) is 4.42. The zero-order valence-corrected chi connectivity index (χ0v) is 11.7. The van der Waals surface area contributed by atoms with E-state index in [1.165, 1.54) is 6.92 Å². The van der Waals surface area contributed by atoms with E-state index in [0.29, 0.717) is 17.7 Å². The molecule has 106 valence electrons. The average molecular weight is 274 g/mol. The van der Waals surface area contributed by atoms with Crippen LogP contribution in [0.5, 0.6) is 0 Å². The van der Waals surface area contributed by atoms with E-state index in [1.54, 1.807) is 24.3 Å². The van der Waals surface area contributed by atoms with Gasteiger partial charge in [-0.25, -0.2) is 0 Å². The fraction of sp³-hybridized carbons (Fsp3) is 0.400. The molecular formula is C15H18N2O3. The molecule has 1 amide bonds. The molecule has 1 atom stereocenters. The number of unbranched alkanes of at least 4 members (excludes halogenated alkanes) is 1. The van der Waals surface area contributed by atoms with Gasteiger partial charge in [0.15, 0.2) is 6.10 Å². The minimum Gasteiger partial charge on any atom is -0.453 e. The lowest BCUT2D eigenvalue weighted by Gasteiger charge is -2.13. The maximum absolute atomic E-state index is 11.9. The fourth-order valence-corrected chi connectivity index (χ4v) is 1.54. The van der Waals surface area contributed by atoms with Crippen molar-refractivity contribution in [3.05, 3.63) is 29.8 Å². The quantitative estimate of drug-likeness (QED) is 0.809. The Balaban J connectivity index is 2.53. The molecule has 1 aromatic rings. The Kier molecular flexibility index (Phi) is 6.24. The average Bonchev–Trinajstić information content (AvgIpc) is 2.45. The van der Waals surface area contributed by atoms with Crippen molar-refractivity contribution in [1.82, 2.24) is 0 Å². The summed E-state index contributed by atoms with van der Waals surface area (Å²) in [5, 5.41) is 11.4. The van der Waals surface area contributed by atoms with Crippen molar-refractivity contribution in [3.8, 4) is 6.07 Å². The van der Waals surface area contributed by atoms with Crippen LogP contribution in [-0.4, -0.2) is 18.0 Å². The minimum absolute atomic E-state index is 0.317. The van der Waals surface area contributed by atoms with Gasteiger partial charge in [0, 0.05) is 12.1 Å². The molecule has 1 aromatic carbocycles. The summed E-state index contributed by atoms with van der Waals surface area (Å²) in [4.78, 5) is 23.3. The fourth-order valence-electron chi connectivity index (χ4n) is 1.54. The van der Waals surface area contributed by atoms with Crippen LogP contribution in [-0.2, 0) is 14.3 Å². The number of benzene rings is 1. The van der Waals surface area contributed by atoms with Gasteiger partial charge in [-0.3, -0.25) is 9.59 Å². The number of rotatable bonds is 6. The van der Waals surface area contributed by atoms with Crippen LogP contribution in [0.15, 0.2) is 24.3 Å². The Hall–Kier alpha value is -2.35. The number of nitriles is 1. The van der Waals surface area contributed by atoms with Crippen molar-refractivity contribution in [1.29, 1.82) is 5.26 Å². The van der Waals surface area contributed by atoms with Crippen LogP contribution in [0.2, 0.25) is 0 Å². The molecule has 0 spiro atoms. The Morgan fingerprint density at radius 2 is 2.20 bits per heavy atom. The molecule has 1 rings (SSSR count). The van der Waals surface area contributed by atoms with Gasteiger partial charge in [-0.1, -0.05) is 19.4 Å². The van der Waals surface area contributed by atoms with E-state index >= 15 is 0 Å². The highest BCUT2D eigenvalue weighted by Gasteiger charge is 2.17. The minimum atomic E-state index is -0.856. The van der Waals surface area contributed by atoms with Gasteiger partial charge in [0.1, 0.15) is 0 Å². The molecular weight excluding hydrogens is 256 g/mol. The summed E-state index contributed by atoms with van der Waals surface area (Å²) in [7, 11) is 0. The van der Waals surface area contributed by atoms with Gasteiger partial charge in [0.2, 0.25) is 0 Å². The third kappa shape index (κ3) is 5.11. The molecule has 0 aromatic heterocycles. The third-order valence-electron chi connectivity index (χ3n) is 2.67. The number of carbonyl (C=O) groups is 2. The van der Waals surface area contributed by atoms with Crippen LogP contribution in [0, 0.1) is 11.3 Å².